The Balaban J connectivity index is 1.30. The Morgan fingerprint density at radius 1 is 1.04 bits per heavy atom. The van der Waals surface area contributed by atoms with Gasteiger partial charge in [0, 0.05) is 19.3 Å². The maximum Gasteiger partial charge on any atom is 0.314 e. The molecule has 0 saturated carbocycles. The first-order valence-corrected chi connectivity index (χ1v) is 9.32. The van der Waals surface area contributed by atoms with Gasteiger partial charge in [0.1, 0.15) is 5.69 Å². The SMILES string of the molecule is O=C(NCCCc1ccccc1)NCCn1ccc(-c2cccs2)n1. The normalized spacial score (nSPS) is 10.6. The molecule has 0 spiro atoms. The highest BCUT2D eigenvalue weighted by atomic mass is 32.1. The van der Waals surface area contributed by atoms with E-state index in [1.165, 1.54) is 5.56 Å². The van der Waals surface area contributed by atoms with E-state index in [9.17, 15) is 4.79 Å². The van der Waals surface area contributed by atoms with Gasteiger partial charge in [0.15, 0.2) is 0 Å². The number of benzene rings is 1. The molecule has 0 aliphatic carbocycles. The van der Waals surface area contributed by atoms with Crippen molar-refractivity contribution in [2.45, 2.75) is 19.4 Å². The topological polar surface area (TPSA) is 59.0 Å². The Labute approximate surface area is 151 Å². The summed E-state index contributed by atoms with van der Waals surface area (Å²) in [6, 6.07) is 16.2. The average molecular weight is 354 g/mol. The summed E-state index contributed by atoms with van der Waals surface area (Å²) < 4.78 is 1.85. The molecule has 2 N–H and O–H groups in total. The van der Waals surface area contributed by atoms with Gasteiger partial charge in [-0.3, -0.25) is 4.68 Å². The Morgan fingerprint density at radius 3 is 2.68 bits per heavy atom. The van der Waals surface area contributed by atoms with Gasteiger partial charge in [-0.1, -0.05) is 36.4 Å². The van der Waals surface area contributed by atoms with Crippen LogP contribution in [0, 0.1) is 0 Å². The minimum atomic E-state index is -0.126. The third-order valence-corrected chi connectivity index (χ3v) is 4.70. The fraction of sp³-hybridized carbons (Fsp3) is 0.263. The molecule has 0 bridgehead atoms. The average Bonchev–Trinajstić information content (AvgIpc) is 3.31. The number of aryl methyl sites for hydroxylation is 1. The Hall–Kier alpha value is -2.60. The molecule has 0 aliphatic rings. The zero-order chi connectivity index (χ0) is 17.3. The molecule has 0 saturated heterocycles. The number of nitrogens with zero attached hydrogens (tertiary/aromatic N) is 2. The van der Waals surface area contributed by atoms with E-state index < -0.39 is 0 Å². The smallest absolute Gasteiger partial charge is 0.314 e. The predicted molar refractivity (Wildman–Crippen MR) is 102 cm³/mol. The number of rotatable bonds is 8. The van der Waals surface area contributed by atoms with Crippen LogP contribution < -0.4 is 10.6 Å². The van der Waals surface area contributed by atoms with Crippen molar-refractivity contribution in [1.82, 2.24) is 20.4 Å². The molecule has 0 atom stereocenters. The largest absolute Gasteiger partial charge is 0.338 e. The molecule has 0 aliphatic heterocycles. The fourth-order valence-corrected chi connectivity index (χ4v) is 3.22. The van der Waals surface area contributed by atoms with E-state index in [4.69, 9.17) is 0 Å². The molecule has 3 aromatic rings. The van der Waals surface area contributed by atoms with E-state index in [1.54, 1.807) is 11.3 Å². The number of carbonyl (C=O) groups is 1. The zero-order valence-corrected chi connectivity index (χ0v) is 14.8. The molecule has 2 heterocycles. The van der Waals surface area contributed by atoms with Crippen molar-refractivity contribution in [2.24, 2.45) is 0 Å². The van der Waals surface area contributed by atoms with Crippen LogP contribution in [0.25, 0.3) is 10.6 Å². The molecule has 6 heteroatoms. The van der Waals surface area contributed by atoms with E-state index in [-0.39, 0.29) is 6.03 Å². The van der Waals surface area contributed by atoms with Crippen molar-refractivity contribution in [1.29, 1.82) is 0 Å². The van der Waals surface area contributed by atoms with E-state index in [0.29, 0.717) is 19.6 Å². The summed E-state index contributed by atoms with van der Waals surface area (Å²) in [5.41, 5.74) is 2.27. The second-order valence-electron chi connectivity index (χ2n) is 5.71. The maximum atomic E-state index is 11.8. The van der Waals surface area contributed by atoms with Crippen LogP contribution in [0.3, 0.4) is 0 Å². The molecule has 2 aromatic heterocycles. The molecule has 130 valence electrons. The highest BCUT2D eigenvalue weighted by molar-refractivity contribution is 7.13. The number of urea groups is 1. The Bertz CT molecular complexity index is 768. The number of thiophene rings is 1. The number of hydrogen-bond acceptors (Lipinski definition) is 3. The summed E-state index contributed by atoms with van der Waals surface area (Å²) in [5, 5.41) is 12.3. The van der Waals surface area contributed by atoms with E-state index in [2.05, 4.69) is 33.9 Å². The summed E-state index contributed by atoms with van der Waals surface area (Å²) in [7, 11) is 0. The van der Waals surface area contributed by atoms with Crippen molar-refractivity contribution in [3.05, 3.63) is 65.7 Å². The minimum absolute atomic E-state index is 0.126. The molecule has 3 rings (SSSR count). The predicted octanol–water partition coefficient (Wildman–Crippen LogP) is 3.54. The molecular weight excluding hydrogens is 332 g/mol. The van der Waals surface area contributed by atoms with Crippen LogP contribution in [0.2, 0.25) is 0 Å². The number of nitrogens with one attached hydrogen (secondary N) is 2. The monoisotopic (exact) mass is 354 g/mol. The fourth-order valence-electron chi connectivity index (χ4n) is 2.53. The third-order valence-electron chi connectivity index (χ3n) is 3.81. The van der Waals surface area contributed by atoms with Gasteiger partial charge in [-0.05, 0) is 35.9 Å². The van der Waals surface area contributed by atoms with Crippen molar-refractivity contribution in [3.63, 3.8) is 0 Å². The lowest BCUT2D eigenvalue weighted by molar-refractivity contribution is 0.240. The molecule has 0 unspecified atom stereocenters. The zero-order valence-electron chi connectivity index (χ0n) is 14.0. The molecule has 0 radical (unpaired) electrons. The molecule has 2 amide bonds. The molecule has 25 heavy (non-hydrogen) atoms. The van der Waals surface area contributed by atoms with Gasteiger partial charge in [-0.2, -0.15) is 5.10 Å². The lowest BCUT2D eigenvalue weighted by Crippen LogP contribution is -2.37. The van der Waals surface area contributed by atoms with Gasteiger partial charge >= 0.3 is 6.03 Å². The molecule has 0 fully saturated rings. The van der Waals surface area contributed by atoms with Crippen LogP contribution in [-0.4, -0.2) is 28.9 Å². The summed E-state index contributed by atoms with van der Waals surface area (Å²) in [6.07, 6.45) is 3.84. The van der Waals surface area contributed by atoms with Crippen molar-refractivity contribution >= 4 is 17.4 Å². The van der Waals surface area contributed by atoms with Crippen molar-refractivity contribution in [3.8, 4) is 10.6 Å². The minimum Gasteiger partial charge on any atom is -0.338 e. The Kier molecular flexibility index (Phi) is 6.23. The van der Waals surface area contributed by atoms with Crippen LogP contribution in [0.4, 0.5) is 4.79 Å². The van der Waals surface area contributed by atoms with Crippen LogP contribution in [0.1, 0.15) is 12.0 Å². The third kappa shape index (κ3) is 5.46. The second-order valence-corrected chi connectivity index (χ2v) is 6.66. The van der Waals surface area contributed by atoms with Gasteiger partial charge in [0.2, 0.25) is 0 Å². The van der Waals surface area contributed by atoms with Crippen LogP contribution in [-0.2, 0) is 13.0 Å². The van der Waals surface area contributed by atoms with E-state index in [0.717, 1.165) is 23.4 Å². The maximum absolute atomic E-state index is 11.8. The molecule has 5 nitrogen and oxygen atoms in total. The number of carbonyl (C=O) groups excluding carboxylic acids is 1. The molecule has 1 aromatic carbocycles. The number of amides is 2. The van der Waals surface area contributed by atoms with Gasteiger partial charge < -0.3 is 10.6 Å². The van der Waals surface area contributed by atoms with Crippen LogP contribution >= 0.6 is 11.3 Å². The van der Waals surface area contributed by atoms with E-state index >= 15 is 0 Å². The van der Waals surface area contributed by atoms with Gasteiger partial charge in [-0.25, -0.2) is 4.79 Å². The lowest BCUT2D eigenvalue weighted by Gasteiger charge is -2.08. The van der Waals surface area contributed by atoms with Crippen LogP contribution in [0.15, 0.2) is 60.1 Å². The van der Waals surface area contributed by atoms with E-state index in [1.807, 2.05) is 46.6 Å². The Morgan fingerprint density at radius 2 is 1.88 bits per heavy atom. The first-order chi connectivity index (χ1) is 12.3. The summed E-state index contributed by atoms with van der Waals surface area (Å²) in [4.78, 5) is 12.9. The summed E-state index contributed by atoms with van der Waals surface area (Å²) in [5.74, 6) is 0. The number of aromatic nitrogens is 2. The first kappa shape index (κ1) is 17.2. The second kappa shape index (κ2) is 9.03. The van der Waals surface area contributed by atoms with Crippen molar-refractivity contribution in [2.75, 3.05) is 13.1 Å². The first-order valence-electron chi connectivity index (χ1n) is 8.44. The highest BCUT2D eigenvalue weighted by Gasteiger charge is 2.04. The number of hydrogen-bond donors (Lipinski definition) is 2. The lowest BCUT2D eigenvalue weighted by atomic mass is 10.1. The standard InChI is InChI=1S/C19H22N4OS/c24-19(20-11-4-8-16-6-2-1-3-7-16)21-12-14-23-13-10-17(22-23)18-9-5-15-25-18/h1-3,5-7,9-10,13,15H,4,8,11-12,14H2,(H2,20,21,24). The summed E-state index contributed by atoms with van der Waals surface area (Å²) >= 11 is 1.67. The van der Waals surface area contributed by atoms with Crippen LogP contribution in [0.5, 0.6) is 0 Å². The quantitative estimate of drug-likeness (QED) is 0.608. The van der Waals surface area contributed by atoms with Gasteiger partial charge in [0.05, 0.1) is 11.4 Å². The highest BCUT2D eigenvalue weighted by Crippen LogP contribution is 2.22. The van der Waals surface area contributed by atoms with Gasteiger partial charge in [0.25, 0.3) is 0 Å². The molecular formula is C19H22N4OS. The summed E-state index contributed by atoms with van der Waals surface area (Å²) in [6.45, 7) is 1.88. The van der Waals surface area contributed by atoms with Crippen molar-refractivity contribution < 1.29 is 4.79 Å². The van der Waals surface area contributed by atoms with Gasteiger partial charge in [-0.15, -0.1) is 11.3 Å².